The lowest BCUT2D eigenvalue weighted by Gasteiger charge is -2.21. The number of nitro benzene ring substituents is 1. The van der Waals surface area contributed by atoms with Crippen LogP contribution in [-0.4, -0.2) is 12.0 Å². The first-order chi connectivity index (χ1) is 9.92. The van der Waals surface area contributed by atoms with E-state index in [2.05, 4.69) is 6.07 Å². The van der Waals surface area contributed by atoms with E-state index < -0.39 is 4.92 Å². The molecule has 5 nitrogen and oxygen atoms in total. The SMILES string of the molecule is Cc1cc(C)cc(N(C)c2ccc([N+](=O)[O-])cc2C#N)c1. The van der Waals surface area contributed by atoms with Gasteiger partial charge in [-0.3, -0.25) is 10.1 Å². The highest BCUT2D eigenvalue weighted by molar-refractivity contribution is 5.71. The lowest BCUT2D eigenvalue weighted by atomic mass is 10.1. The average Bonchev–Trinajstić information content (AvgIpc) is 2.44. The molecule has 0 spiro atoms. The Balaban J connectivity index is 2.50. The molecule has 0 aromatic heterocycles. The summed E-state index contributed by atoms with van der Waals surface area (Å²) in [6, 6.07) is 12.4. The fourth-order valence-electron chi connectivity index (χ4n) is 2.30. The van der Waals surface area contributed by atoms with E-state index in [0.717, 1.165) is 16.8 Å². The average molecular weight is 281 g/mol. The van der Waals surface area contributed by atoms with Gasteiger partial charge >= 0.3 is 0 Å². The molecule has 0 unspecified atom stereocenters. The van der Waals surface area contributed by atoms with E-state index in [-0.39, 0.29) is 11.3 Å². The zero-order chi connectivity index (χ0) is 15.6. The molecule has 2 aromatic rings. The lowest BCUT2D eigenvalue weighted by molar-refractivity contribution is -0.384. The second-order valence-electron chi connectivity index (χ2n) is 4.98. The predicted octanol–water partition coefficient (Wildman–Crippen LogP) is 3.85. The van der Waals surface area contributed by atoms with Crippen LogP contribution < -0.4 is 4.90 Å². The molecule has 0 aliphatic carbocycles. The number of rotatable bonds is 3. The van der Waals surface area contributed by atoms with Gasteiger partial charge in [0, 0.05) is 24.9 Å². The Morgan fingerprint density at radius 1 is 1.14 bits per heavy atom. The summed E-state index contributed by atoms with van der Waals surface area (Å²) in [5, 5.41) is 20.0. The molecule has 2 rings (SSSR count). The van der Waals surface area contributed by atoms with Crippen molar-refractivity contribution in [1.82, 2.24) is 0 Å². The molecule has 0 aliphatic rings. The molecule has 0 atom stereocenters. The molecule has 0 radical (unpaired) electrons. The molecule has 0 saturated heterocycles. The topological polar surface area (TPSA) is 70.2 Å². The van der Waals surface area contributed by atoms with E-state index in [1.807, 2.05) is 44.0 Å². The summed E-state index contributed by atoms with van der Waals surface area (Å²) in [5.41, 5.74) is 4.04. The Morgan fingerprint density at radius 3 is 2.29 bits per heavy atom. The Kier molecular flexibility index (Phi) is 3.90. The van der Waals surface area contributed by atoms with E-state index in [4.69, 9.17) is 0 Å². The minimum absolute atomic E-state index is 0.0795. The van der Waals surface area contributed by atoms with Crippen molar-refractivity contribution in [1.29, 1.82) is 5.26 Å². The maximum atomic E-state index is 10.8. The van der Waals surface area contributed by atoms with Gasteiger partial charge in [0.15, 0.2) is 0 Å². The zero-order valence-electron chi connectivity index (χ0n) is 12.1. The van der Waals surface area contributed by atoms with Gasteiger partial charge in [-0.2, -0.15) is 5.26 Å². The van der Waals surface area contributed by atoms with Gasteiger partial charge in [-0.15, -0.1) is 0 Å². The van der Waals surface area contributed by atoms with Crippen LogP contribution in [0, 0.1) is 35.3 Å². The number of nitro groups is 1. The van der Waals surface area contributed by atoms with Crippen LogP contribution >= 0.6 is 0 Å². The number of non-ortho nitro benzene ring substituents is 1. The first kappa shape index (κ1) is 14.5. The highest BCUT2D eigenvalue weighted by Gasteiger charge is 2.14. The molecule has 0 fully saturated rings. The quantitative estimate of drug-likeness (QED) is 0.633. The maximum Gasteiger partial charge on any atom is 0.270 e. The highest BCUT2D eigenvalue weighted by atomic mass is 16.6. The van der Waals surface area contributed by atoms with Crippen molar-refractivity contribution >= 4 is 17.1 Å². The fourth-order valence-corrected chi connectivity index (χ4v) is 2.30. The summed E-state index contributed by atoms with van der Waals surface area (Å²) in [6.07, 6.45) is 0. The Morgan fingerprint density at radius 2 is 1.76 bits per heavy atom. The Hall–Kier alpha value is -2.87. The third-order valence-electron chi connectivity index (χ3n) is 3.27. The van der Waals surface area contributed by atoms with Crippen LogP contribution in [0.3, 0.4) is 0 Å². The highest BCUT2D eigenvalue weighted by Crippen LogP contribution is 2.30. The molecule has 0 amide bonds. The number of anilines is 2. The summed E-state index contributed by atoms with van der Waals surface area (Å²) in [6.45, 7) is 4.01. The van der Waals surface area contributed by atoms with E-state index in [0.29, 0.717) is 5.69 Å². The van der Waals surface area contributed by atoms with E-state index in [1.54, 1.807) is 6.07 Å². The molecule has 0 aliphatic heterocycles. The van der Waals surface area contributed by atoms with Gasteiger partial charge < -0.3 is 4.90 Å². The van der Waals surface area contributed by atoms with Gasteiger partial charge in [-0.25, -0.2) is 0 Å². The number of hydrogen-bond donors (Lipinski definition) is 0. The van der Waals surface area contributed by atoms with E-state index >= 15 is 0 Å². The molecular formula is C16H15N3O2. The van der Waals surface area contributed by atoms with Crippen LogP contribution in [0.2, 0.25) is 0 Å². The summed E-state index contributed by atoms with van der Waals surface area (Å²) < 4.78 is 0. The van der Waals surface area contributed by atoms with Crippen molar-refractivity contribution in [3.8, 4) is 6.07 Å². The second kappa shape index (κ2) is 5.63. The molecule has 2 aromatic carbocycles. The smallest absolute Gasteiger partial charge is 0.270 e. The number of nitrogens with zero attached hydrogens (tertiary/aromatic N) is 3. The van der Waals surface area contributed by atoms with Crippen molar-refractivity contribution < 1.29 is 4.92 Å². The third-order valence-corrected chi connectivity index (χ3v) is 3.27. The van der Waals surface area contributed by atoms with Gasteiger partial charge in [-0.05, 0) is 43.2 Å². The van der Waals surface area contributed by atoms with Crippen molar-refractivity contribution in [3.63, 3.8) is 0 Å². The first-order valence-corrected chi connectivity index (χ1v) is 6.43. The molecule has 5 heteroatoms. The summed E-state index contributed by atoms with van der Waals surface area (Å²) in [4.78, 5) is 12.2. The summed E-state index contributed by atoms with van der Waals surface area (Å²) in [5.74, 6) is 0. The van der Waals surface area contributed by atoms with Gasteiger partial charge in [0.2, 0.25) is 0 Å². The minimum atomic E-state index is -0.499. The predicted molar refractivity (Wildman–Crippen MR) is 81.8 cm³/mol. The molecule has 0 N–H and O–H groups in total. The Labute approximate surface area is 123 Å². The molecule has 21 heavy (non-hydrogen) atoms. The van der Waals surface area contributed by atoms with Crippen molar-refractivity contribution in [2.75, 3.05) is 11.9 Å². The molecule has 106 valence electrons. The number of benzene rings is 2. The second-order valence-corrected chi connectivity index (χ2v) is 4.98. The standard InChI is InChI=1S/C16H15N3O2/c1-11-6-12(2)8-15(7-11)18(3)16-5-4-14(19(20)21)9-13(16)10-17/h4-9H,1-3H3. The van der Waals surface area contributed by atoms with Gasteiger partial charge in [0.25, 0.3) is 5.69 Å². The van der Waals surface area contributed by atoms with Gasteiger partial charge in [0.05, 0.1) is 16.2 Å². The maximum absolute atomic E-state index is 10.8. The zero-order valence-corrected chi connectivity index (χ0v) is 12.1. The van der Waals surface area contributed by atoms with Crippen LogP contribution in [0.15, 0.2) is 36.4 Å². The molecular weight excluding hydrogens is 266 g/mol. The normalized spacial score (nSPS) is 10.0. The van der Waals surface area contributed by atoms with Crippen LogP contribution in [0.1, 0.15) is 16.7 Å². The fraction of sp³-hybridized carbons (Fsp3) is 0.188. The summed E-state index contributed by atoms with van der Waals surface area (Å²) in [7, 11) is 1.84. The monoisotopic (exact) mass is 281 g/mol. The van der Waals surface area contributed by atoms with E-state index in [1.165, 1.54) is 12.1 Å². The molecule has 0 bridgehead atoms. The van der Waals surface area contributed by atoms with Crippen LogP contribution in [0.25, 0.3) is 0 Å². The van der Waals surface area contributed by atoms with E-state index in [9.17, 15) is 15.4 Å². The van der Waals surface area contributed by atoms with Gasteiger partial charge in [-0.1, -0.05) is 6.07 Å². The first-order valence-electron chi connectivity index (χ1n) is 6.43. The number of hydrogen-bond acceptors (Lipinski definition) is 4. The van der Waals surface area contributed by atoms with Gasteiger partial charge in [0.1, 0.15) is 6.07 Å². The molecule has 0 saturated carbocycles. The van der Waals surface area contributed by atoms with Crippen molar-refractivity contribution in [2.45, 2.75) is 13.8 Å². The third kappa shape index (κ3) is 3.00. The number of aryl methyl sites for hydroxylation is 2. The van der Waals surface area contributed by atoms with Crippen LogP contribution in [0.5, 0.6) is 0 Å². The minimum Gasteiger partial charge on any atom is -0.344 e. The van der Waals surface area contributed by atoms with Crippen molar-refractivity contribution in [3.05, 3.63) is 63.2 Å². The number of nitriles is 1. The largest absolute Gasteiger partial charge is 0.344 e. The molecule has 0 heterocycles. The summed E-state index contributed by atoms with van der Waals surface area (Å²) >= 11 is 0. The van der Waals surface area contributed by atoms with Crippen LogP contribution in [0.4, 0.5) is 17.1 Å². The van der Waals surface area contributed by atoms with Crippen molar-refractivity contribution in [2.24, 2.45) is 0 Å². The lowest BCUT2D eigenvalue weighted by Crippen LogP contribution is -2.11. The Bertz CT molecular complexity index is 727. The van der Waals surface area contributed by atoms with Crippen LogP contribution in [-0.2, 0) is 0 Å².